The van der Waals surface area contributed by atoms with E-state index in [4.69, 9.17) is 4.42 Å². The Balaban J connectivity index is 1.89. The number of halogens is 1. The fourth-order valence-corrected chi connectivity index (χ4v) is 3.94. The first-order valence-electron chi connectivity index (χ1n) is 8.34. The second-order valence-corrected chi connectivity index (χ2v) is 7.23. The largest absolute Gasteiger partial charge is 0.508 e. The van der Waals surface area contributed by atoms with Gasteiger partial charge in [-0.3, -0.25) is 4.79 Å². The number of carbonyl (C=O) groups is 1. The summed E-state index contributed by atoms with van der Waals surface area (Å²) in [6.07, 6.45) is 0.930. The van der Waals surface area contributed by atoms with Crippen LogP contribution in [-0.2, 0) is 6.54 Å². The molecule has 0 radical (unpaired) electrons. The predicted molar refractivity (Wildman–Crippen MR) is 104 cm³/mol. The molecule has 0 saturated carbocycles. The zero-order valence-electron chi connectivity index (χ0n) is 14.5. The summed E-state index contributed by atoms with van der Waals surface area (Å²) in [5, 5.41) is 20.7. The molecule has 2 aromatic carbocycles. The third-order valence-electron chi connectivity index (χ3n) is 4.70. The zero-order valence-corrected chi connectivity index (χ0v) is 16.0. The van der Waals surface area contributed by atoms with Crippen molar-refractivity contribution in [1.29, 1.82) is 0 Å². The van der Waals surface area contributed by atoms with Gasteiger partial charge in [-0.1, -0.05) is 12.1 Å². The van der Waals surface area contributed by atoms with Crippen molar-refractivity contribution in [2.24, 2.45) is 0 Å². The van der Waals surface area contributed by atoms with Crippen molar-refractivity contribution in [2.45, 2.75) is 12.7 Å². The van der Waals surface area contributed by atoms with Gasteiger partial charge in [-0.25, -0.2) is 0 Å². The summed E-state index contributed by atoms with van der Waals surface area (Å²) in [7, 11) is 1.85. The van der Waals surface area contributed by atoms with Crippen molar-refractivity contribution >= 4 is 27.5 Å². The number of hydrogen-bond donors (Lipinski definition) is 2. The number of benzene rings is 2. The number of phenolic OH excluding ortho intramolecular Hbond substituents is 2. The van der Waals surface area contributed by atoms with Gasteiger partial charge in [0.2, 0.25) is 0 Å². The summed E-state index contributed by atoms with van der Waals surface area (Å²) in [5.74, 6) is 0.414. The first kappa shape index (κ1) is 17.5. The number of phenols is 2. The van der Waals surface area contributed by atoms with Crippen LogP contribution in [0, 0.1) is 0 Å². The standard InChI is InChI=1S/C20H17BrN2O4/c1-22-17-7-3-2-6-14(17)20(26)23(11-13-5-4-8-27-13)19(22)15-9-12(24)10-16(21)18(15)25/h2-10,19,24-25H,11H2,1H3/t19-/m1/s1. The quantitative estimate of drug-likeness (QED) is 0.609. The van der Waals surface area contributed by atoms with Crippen LogP contribution in [0.2, 0.25) is 0 Å². The summed E-state index contributed by atoms with van der Waals surface area (Å²) < 4.78 is 5.79. The minimum Gasteiger partial charge on any atom is -0.508 e. The van der Waals surface area contributed by atoms with Crippen LogP contribution in [0.4, 0.5) is 5.69 Å². The van der Waals surface area contributed by atoms with Gasteiger partial charge in [0, 0.05) is 12.6 Å². The normalized spacial score (nSPS) is 16.5. The molecule has 0 spiro atoms. The van der Waals surface area contributed by atoms with Gasteiger partial charge in [-0.2, -0.15) is 0 Å². The number of furan rings is 1. The molecule has 138 valence electrons. The van der Waals surface area contributed by atoms with E-state index in [1.807, 2.05) is 30.1 Å². The molecule has 1 aliphatic rings. The van der Waals surface area contributed by atoms with Crippen LogP contribution < -0.4 is 4.90 Å². The van der Waals surface area contributed by atoms with Gasteiger partial charge >= 0.3 is 0 Å². The highest BCUT2D eigenvalue weighted by atomic mass is 79.9. The van der Waals surface area contributed by atoms with Crippen LogP contribution >= 0.6 is 15.9 Å². The summed E-state index contributed by atoms with van der Waals surface area (Å²) in [5.41, 5.74) is 1.74. The Labute approximate surface area is 164 Å². The highest BCUT2D eigenvalue weighted by Crippen LogP contribution is 2.44. The maximum Gasteiger partial charge on any atom is 0.258 e. The lowest BCUT2D eigenvalue weighted by atomic mass is 10.0. The molecule has 6 nitrogen and oxygen atoms in total. The van der Waals surface area contributed by atoms with E-state index in [0.717, 1.165) is 5.69 Å². The van der Waals surface area contributed by atoms with Crippen LogP contribution in [-0.4, -0.2) is 28.1 Å². The lowest BCUT2D eigenvalue weighted by Gasteiger charge is -2.44. The maximum absolute atomic E-state index is 13.3. The van der Waals surface area contributed by atoms with Gasteiger partial charge < -0.3 is 24.4 Å². The molecule has 27 heavy (non-hydrogen) atoms. The summed E-state index contributed by atoms with van der Waals surface area (Å²) >= 11 is 3.26. The second kappa shape index (κ2) is 6.66. The smallest absolute Gasteiger partial charge is 0.258 e. The van der Waals surface area contributed by atoms with Crippen molar-refractivity contribution < 1.29 is 19.4 Å². The third kappa shape index (κ3) is 2.94. The Morgan fingerprint density at radius 3 is 2.67 bits per heavy atom. The van der Waals surface area contributed by atoms with Crippen LogP contribution in [0.25, 0.3) is 0 Å². The molecule has 0 saturated heterocycles. The number of hydrogen-bond acceptors (Lipinski definition) is 5. The predicted octanol–water partition coefficient (Wildman–Crippen LogP) is 4.24. The van der Waals surface area contributed by atoms with Gasteiger partial charge in [0.05, 0.1) is 28.5 Å². The second-order valence-electron chi connectivity index (χ2n) is 6.38. The number of rotatable bonds is 3. The molecule has 0 fully saturated rings. The molecular weight excluding hydrogens is 412 g/mol. The maximum atomic E-state index is 13.3. The number of fused-ring (bicyclic) bond motifs is 1. The van der Waals surface area contributed by atoms with Crippen molar-refractivity contribution in [3.8, 4) is 11.5 Å². The molecule has 0 unspecified atom stereocenters. The van der Waals surface area contributed by atoms with Crippen LogP contribution in [0.5, 0.6) is 11.5 Å². The average molecular weight is 429 g/mol. The Bertz CT molecular complexity index is 1000. The van der Waals surface area contributed by atoms with Crippen molar-refractivity contribution in [3.63, 3.8) is 0 Å². The van der Waals surface area contributed by atoms with Gasteiger partial charge in [0.15, 0.2) is 0 Å². The molecule has 1 aliphatic heterocycles. The van der Waals surface area contributed by atoms with E-state index in [9.17, 15) is 15.0 Å². The van der Waals surface area contributed by atoms with Crippen molar-refractivity contribution in [1.82, 2.24) is 4.90 Å². The minimum atomic E-state index is -0.624. The number of anilines is 1. The molecule has 1 atom stereocenters. The Morgan fingerprint density at radius 2 is 1.93 bits per heavy atom. The van der Waals surface area contributed by atoms with Gasteiger partial charge in [0.25, 0.3) is 5.91 Å². The van der Waals surface area contributed by atoms with Gasteiger partial charge in [0.1, 0.15) is 23.4 Å². The fraction of sp³-hybridized carbons (Fsp3) is 0.150. The Morgan fingerprint density at radius 1 is 1.15 bits per heavy atom. The van der Waals surface area contributed by atoms with E-state index in [2.05, 4.69) is 15.9 Å². The summed E-state index contributed by atoms with van der Waals surface area (Å²) in [4.78, 5) is 16.8. The molecule has 1 aromatic heterocycles. The number of aromatic hydroxyl groups is 2. The first-order valence-corrected chi connectivity index (χ1v) is 9.13. The zero-order chi connectivity index (χ0) is 19.1. The highest BCUT2D eigenvalue weighted by molar-refractivity contribution is 9.10. The SMILES string of the molecule is CN1c2ccccc2C(=O)N(Cc2ccco2)[C@@H]1c1cc(O)cc(Br)c1O. The molecule has 4 rings (SSSR count). The molecule has 1 amide bonds. The Kier molecular flexibility index (Phi) is 4.31. The molecule has 0 bridgehead atoms. The molecule has 2 heterocycles. The van der Waals surface area contributed by atoms with E-state index in [-0.39, 0.29) is 24.0 Å². The highest BCUT2D eigenvalue weighted by Gasteiger charge is 2.38. The molecule has 2 N–H and O–H groups in total. The van der Waals surface area contributed by atoms with Crippen LogP contribution in [0.1, 0.15) is 27.8 Å². The monoisotopic (exact) mass is 428 g/mol. The summed E-state index contributed by atoms with van der Waals surface area (Å²) in [6.45, 7) is 0.224. The Hall–Kier alpha value is -2.93. The average Bonchev–Trinajstić information content (AvgIpc) is 3.16. The van der Waals surface area contributed by atoms with Crippen molar-refractivity contribution in [2.75, 3.05) is 11.9 Å². The lowest BCUT2D eigenvalue weighted by Crippen LogP contribution is -2.47. The van der Waals surface area contributed by atoms with E-state index in [0.29, 0.717) is 21.4 Å². The van der Waals surface area contributed by atoms with E-state index in [1.54, 1.807) is 29.4 Å². The van der Waals surface area contributed by atoms with Gasteiger partial charge in [-0.15, -0.1) is 0 Å². The van der Waals surface area contributed by atoms with Gasteiger partial charge in [-0.05, 0) is 52.3 Å². The van der Waals surface area contributed by atoms with Crippen LogP contribution in [0.3, 0.4) is 0 Å². The first-order chi connectivity index (χ1) is 13.0. The molecule has 7 heteroatoms. The number of nitrogens with zero attached hydrogens (tertiary/aromatic N) is 2. The van der Waals surface area contributed by atoms with E-state index < -0.39 is 6.17 Å². The molecular formula is C20H17BrN2O4. The van der Waals surface area contributed by atoms with Crippen LogP contribution in [0.15, 0.2) is 63.7 Å². The fourth-order valence-electron chi connectivity index (χ4n) is 3.48. The minimum absolute atomic E-state index is 0.00710. The third-order valence-corrected chi connectivity index (χ3v) is 5.30. The lowest BCUT2D eigenvalue weighted by molar-refractivity contribution is 0.0616. The molecule has 0 aliphatic carbocycles. The van der Waals surface area contributed by atoms with Crippen molar-refractivity contribution in [3.05, 3.63) is 76.2 Å². The number of amides is 1. The number of carbonyl (C=O) groups excluding carboxylic acids is 1. The summed E-state index contributed by atoms with van der Waals surface area (Å²) in [6, 6.07) is 13.8. The van der Waals surface area contributed by atoms with E-state index >= 15 is 0 Å². The topological polar surface area (TPSA) is 77.2 Å². The number of para-hydroxylation sites is 1. The molecule has 3 aromatic rings. The van der Waals surface area contributed by atoms with E-state index in [1.165, 1.54) is 12.1 Å².